The Morgan fingerprint density at radius 1 is 1.19 bits per heavy atom. The molecule has 1 aromatic carbocycles. The number of carboxylic acid groups (broad SMARTS) is 1. The summed E-state index contributed by atoms with van der Waals surface area (Å²) in [7, 11) is 1.27. The van der Waals surface area contributed by atoms with E-state index in [0.717, 1.165) is 24.8 Å². The van der Waals surface area contributed by atoms with Gasteiger partial charge in [0.15, 0.2) is 0 Å². The van der Waals surface area contributed by atoms with E-state index in [4.69, 9.17) is 9.84 Å². The lowest BCUT2D eigenvalue weighted by molar-refractivity contribution is -0.143. The van der Waals surface area contributed by atoms with E-state index in [-0.39, 0.29) is 25.4 Å². The topological polar surface area (TPSA) is 131 Å². The van der Waals surface area contributed by atoms with E-state index in [1.54, 1.807) is 0 Å². The minimum Gasteiger partial charge on any atom is -0.481 e. The third-order valence-corrected chi connectivity index (χ3v) is 4.71. The van der Waals surface area contributed by atoms with Gasteiger partial charge < -0.3 is 25.2 Å². The molecular formula is C22H32N2O7. The van der Waals surface area contributed by atoms with Gasteiger partial charge in [0.1, 0.15) is 6.61 Å². The molecule has 0 aliphatic carbocycles. The van der Waals surface area contributed by atoms with Gasteiger partial charge in [-0.3, -0.25) is 14.4 Å². The maximum absolute atomic E-state index is 12.0. The largest absolute Gasteiger partial charge is 0.481 e. The molecule has 9 nitrogen and oxygen atoms in total. The number of esters is 1. The molecular weight excluding hydrogens is 404 g/mol. The van der Waals surface area contributed by atoms with Crippen LogP contribution in [0.25, 0.3) is 0 Å². The zero-order valence-corrected chi connectivity index (χ0v) is 18.1. The molecule has 0 saturated carbocycles. The van der Waals surface area contributed by atoms with E-state index in [9.17, 15) is 19.2 Å². The van der Waals surface area contributed by atoms with Crippen LogP contribution in [0.1, 0.15) is 57.4 Å². The van der Waals surface area contributed by atoms with Crippen LogP contribution in [0.2, 0.25) is 0 Å². The minimum atomic E-state index is -0.969. The summed E-state index contributed by atoms with van der Waals surface area (Å²) in [5.74, 6) is -1.38. The van der Waals surface area contributed by atoms with E-state index < -0.39 is 23.6 Å². The Bertz CT molecular complexity index is 724. The molecule has 1 aromatic rings. The number of hydrogen-bond donors (Lipinski definition) is 3. The summed E-state index contributed by atoms with van der Waals surface area (Å²) in [5, 5.41) is 13.5. The Morgan fingerprint density at radius 2 is 1.90 bits per heavy atom. The first-order valence-electron chi connectivity index (χ1n) is 10.3. The first-order valence-corrected chi connectivity index (χ1v) is 10.3. The van der Waals surface area contributed by atoms with Gasteiger partial charge in [-0.15, -0.1) is 0 Å². The number of amides is 2. The highest BCUT2D eigenvalue weighted by Gasteiger charge is 2.40. The van der Waals surface area contributed by atoms with Gasteiger partial charge in [-0.25, -0.2) is 4.79 Å². The van der Waals surface area contributed by atoms with Crippen LogP contribution in [-0.4, -0.2) is 48.2 Å². The van der Waals surface area contributed by atoms with Gasteiger partial charge in [-0.1, -0.05) is 50.1 Å². The van der Waals surface area contributed by atoms with Crippen molar-refractivity contribution in [2.75, 3.05) is 13.7 Å². The van der Waals surface area contributed by atoms with Gasteiger partial charge in [0.2, 0.25) is 5.91 Å². The van der Waals surface area contributed by atoms with Gasteiger partial charge in [0.25, 0.3) is 0 Å². The molecule has 0 radical (unpaired) electrons. The summed E-state index contributed by atoms with van der Waals surface area (Å²) in [6, 6.07) is 9.24. The van der Waals surface area contributed by atoms with E-state index >= 15 is 0 Å². The second-order valence-corrected chi connectivity index (χ2v) is 7.35. The Balaban J connectivity index is 0.000000512. The number of methoxy groups -OCH3 is 1. The third kappa shape index (κ3) is 11.0. The molecule has 1 fully saturated rings. The lowest BCUT2D eigenvalue weighted by Crippen LogP contribution is -2.57. The number of carboxylic acids is 1. The lowest BCUT2D eigenvalue weighted by atomic mass is 9.85. The Kier molecular flexibility index (Phi) is 11.7. The van der Waals surface area contributed by atoms with Crippen molar-refractivity contribution in [2.24, 2.45) is 0 Å². The van der Waals surface area contributed by atoms with E-state index in [0.29, 0.717) is 19.4 Å². The summed E-state index contributed by atoms with van der Waals surface area (Å²) >= 11 is 0. The summed E-state index contributed by atoms with van der Waals surface area (Å²) < 4.78 is 9.83. The lowest BCUT2D eigenvalue weighted by Gasteiger charge is -2.36. The van der Waals surface area contributed by atoms with Gasteiger partial charge >= 0.3 is 18.0 Å². The molecule has 1 aliphatic heterocycles. The summed E-state index contributed by atoms with van der Waals surface area (Å²) in [4.78, 5) is 45.2. The van der Waals surface area contributed by atoms with Crippen LogP contribution in [0.15, 0.2) is 30.3 Å². The van der Waals surface area contributed by atoms with Crippen molar-refractivity contribution < 1.29 is 33.8 Å². The zero-order chi connectivity index (χ0) is 23.1. The molecule has 1 heterocycles. The van der Waals surface area contributed by atoms with Crippen molar-refractivity contribution >= 4 is 23.9 Å². The Hall–Kier alpha value is -3.10. The predicted molar refractivity (Wildman–Crippen MR) is 113 cm³/mol. The number of piperidine rings is 1. The SMILES string of the molecule is CCCCCC(=O)O.COC(=O)CC1(NC(=O)OCc2ccccc2)CCNC(=O)C1. The number of carbonyl (C=O) groups is 4. The number of carbonyl (C=O) groups excluding carboxylic acids is 3. The van der Waals surface area contributed by atoms with Crippen LogP contribution in [0.3, 0.4) is 0 Å². The highest BCUT2D eigenvalue weighted by molar-refractivity contribution is 5.82. The molecule has 172 valence electrons. The van der Waals surface area contributed by atoms with Gasteiger partial charge in [0.05, 0.1) is 25.5 Å². The smallest absolute Gasteiger partial charge is 0.407 e. The van der Waals surface area contributed by atoms with E-state index in [2.05, 4.69) is 22.3 Å². The molecule has 1 aliphatic rings. The number of hydrogen-bond acceptors (Lipinski definition) is 6. The van der Waals surface area contributed by atoms with E-state index in [1.807, 2.05) is 30.3 Å². The normalized spacial score (nSPS) is 17.4. The van der Waals surface area contributed by atoms with Crippen LogP contribution < -0.4 is 10.6 Å². The molecule has 2 amide bonds. The number of unbranched alkanes of at least 4 members (excludes halogenated alkanes) is 2. The van der Waals surface area contributed by atoms with Gasteiger partial charge in [-0.05, 0) is 18.4 Å². The molecule has 3 N–H and O–H groups in total. The molecule has 0 bridgehead atoms. The monoisotopic (exact) mass is 436 g/mol. The highest BCUT2D eigenvalue weighted by Crippen LogP contribution is 2.24. The van der Waals surface area contributed by atoms with Crippen LogP contribution in [0.4, 0.5) is 4.79 Å². The maximum Gasteiger partial charge on any atom is 0.407 e. The van der Waals surface area contributed by atoms with Crippen LogP contribution in [0.5, 0.6) is 0 Å². The highest BCUT2D eigenvalue weighted by atomic mass is 16.5. The minimum absolute atomic E-state index is 0.0164. The average Bonchev–Trinajstić information content (AvgIpc) is 2.73. The first kappa shape index (κ1) is 25.9. The van der Waals surface area contributed by atoms with Gasteiger partial charge in [-0.2, -0.15) is 0 Å². The fourth-order valence-electron chi connectivity index (χ4n) is 3.05. The van der Waals surface area contributed by atoms with Crippen molar-refractivity contribution in [1.82, 2.24) is 10.6 Å². The number of alkyl carbamates (subject to hydrolysis) is 1. The second-order valence-electron chi connectivity index (χ2n) is 7.35. The van der Waals surface area contributed by atoms with Crippen LogP contribution >= 0.6 is 0 Å². The summed E-state index contributed by atoms with van der Waals surface area (Å²) in [6.07, 6.45) is 3.00. The number of rotatable bonds is 9. The van der Waals surface area contributed by atoms with Crippen molar-refractivity contribution in [1.29, 1.82) is 0 Å². The van der Waals surface area contributed by atoms with Gasteiger partial charge in [0, 0.05) is 13.0 Å². The molecule has 31 heavy (non-hydrogen) atoms. The zero-order valence-electron chi connectivity index (χ0n) is 18.1. The number of ether oxygens (including phenoxy) is 2. The average molecular weight is 437 g/mol. The fraction of sp³-hybridized carbons (Fsp3) is 0.545. The van der Waals surface area contributed by atoms with Crippen molar-refractivity contribution in [3.05, 3.63) is 35.9 Å². The fourth-order valence-corrected chi connectivity index (χ4v) is 3.05. The number of benzene rings is 1. The molecule has 0 aromatic heterocycles. The Labute approximate surface area is 182 Å². The predicted octanol–water partition coefficient (Wildman–Crippen LogP) is 2.78. The quantitative estimate of drug-likeness (QED) is 0.401. The maximum atomic E-state index is 12.0. The standard InChI is InChI=1S/C16H20N2O5.C6H12O2/c1-22-14(20)10-16(7-8-17-13(19)9-16)18-15(21)23-11-12-5-3-2-4-6-12;1-2-3-4-5-6(7)8/h2-6H,7-11H2,1H3,(H,17,19)(H,18,21);2-5H2,1H3,(H,7,8). The summed E-state index contributed by atoms with van der Waals surface area (Å²) in [6.45, 7) is 2.56. The molecule has 0 spiro atoms. The molecule has 1 atom stereocenters. The molecule has 2 rings (SSSR count). The van der Waals surface area contributed by atoms with E-state index in [1.165, 1.54) is 7.11 Å². The molecule has 1 unspecified atom stereocenters. The number of aliphatic carboxylic acids is 1. The summed E-state index contributed by atoms with van der Waals surface area (Å²) in [5.41, 5.74) is -0.116. The van der Waals surface area contributed by atoms with Crippen molar-refractivity contribution in [3.8, 4) is 0 Å². The van der Waals surface area contributed by atoms with Crippen LogP contribution in [-0.2, 0) is 30.5 Å². The molecule has 1 saturated heterocycles. The van der Waals surface area contributed by atoms with Crippen LogP contribution in [0, 0.1) is 0 Å². The van der Waals surface area contributed by atoms with Crippen molar-refractivity contribution in [2.45, 2.75) is 64.0 Å². The first-order chi connectivity index (χ1) is 14.8. The van der Waals surface area contributed by atoms with Crippen molar-refractivity contribution in [3.63, 3.8) is 0 Å². The molecule has 9 heteroatoms. The third-order valence-electron chi connectivity index (χ3n) is 4.71. The Morgan fingerprint density at radius 3 is 2.48 bits per heavy atom. The number of nitrogens with one attached hydrogen (secondary N) is 2. The second kappa shape index (κ2) is 14.0.